The lowest BCUT2D eigenvalue weighted by Crippen LogP contribution is -2.26. The number of halogens is 1. The molecule has 2 N–H and O–H groups in total. The molecule has 0 saturated heterocycles. The number of nitrogens with two attached hydrogens (primary N) is 1. The quantitative estimate of drug-likeness (QED) is 0.876. The Hall–Kier alpha value is -2.07. The van der Waals surface area contributed by atoms with E-state index in [1.54, 1.807) is 24.1 Å². The Labute approximate surface area is 116 Å². The summed E-state index contributed by atoms with van der Waals surface area (Å²) in [6.07, 6.45) is 1.46. The van der Waals surface area contributed by atoms with Crippen LogP contribution in [0.3, 0.4) is 0 Å². The van der Waals surface area contributed by atoms with Gasteiger partial charge in [0.1, 0.15) is 5.69 Å². The van der Waals surface area contributed by atoms with Crippen molar-refractivity contribution < 1.29 is 4.79 Å². The van der Waals surface area contributed by atoms with E-state index in [-0.39, 0.29) is 5.91 Å². The fraction of sp³-hybridized carbons (Fsp3) is 0.143. The molecule has 0 fully saturated rings. The summed E-state index contributed by atoms with van der Waals surface area (Å²) in [5.41, 5.74) is 7.74. The number of hydrogen-bond acceptors (Lipinski definition) is 3. The van der Waals surface area contributed by atoms with Crippen LogP contribution in [0.15, 0.2) is 42.6 Å². The number of hydrogen-bond donors (Lipinski definition) is 1. The number of carbonyl (C=O) groups is 1. The highest BCUT2D eigenvalue weighted by Gasteiger charge is 2.13. The summed E-state index contributed by atoms with van der Waals surface area (Å²) in [5.74, 6) is -0.154. The Balaban J connectivity index is 2.09. The Bertz CT molecular complexity index is 583. The molecule has 0 radical (unpaired) electrons. The molecule has 4 nitrogen and oxygen atoms in total. The third-order valence-electron chi connectivity index (χ3n) is 2.66. The summed E-state index contributed by atoms with van der Waals surface area (Å²) in [6.45, 7) is 0.480. The van der Waals surface area contributed by atoms with Crippen molar-refractivity contribution in [3.8, 4) is 0 Å². The number of aromatic nitrogens is 1. The van der Waals surface area contributed by atoms with Crippen LogP contribution in [0.1, 0.15) is 16.1 Å². The lowest BCUT2D eigenvalue weighted by atomic mass is 10.2. The molecule has 2 aromatic rings. The number of nitrogens with zero attached hydrogens (tertiary/aromatic N) is 2. The average Bonchev–Trinajstić information content (AvgIpc) is 2.39. The molecular weight excluding hydrogens is 262 g/mol. The average molecular weight is 276 g/mol. The first-order valence-electron chi connectivity index (χ1n) is 5.77. The van der Waals surface area contributed by atoms with Crippen LogP contribution < -0.4 is 5.73 Å². The van der Waals surface area contributed by atoms with E-state index in [0.717, 1.165) is 5.56 Å². The van der Waals surface area contributed by atoms with Crippen molar-refractivity contribution in [3.05, 3.63) is 58.9 Å². The second-order valence-electron chi connectivity index (χ2n) is 4.27. The Kier molecular flexibility index (Phi) is 4.02. The standard InChI is InChI=1S/C14H14ClN3O/c1-18(9-10-3-2-4-12(16)7-10)14(19)13-6-5-11(15)8-17-13/h2-8H,9,16H2,1H3. The van der Waals surface area contributed by atoms with Gasteiger partial charge in [0.2, 0.25) is 0 Å². The molecular formula is C14H14ClN3O. The topological polar surface area (TPSA) is 59.2 Å². The molecule has 2 rings (SSSR count). The zero-order valence-corrected chi connectivity index (χ0v) is 11.3. The molecule has 0 unspecified atom stereocenters. The molecule has 19 heavy (non-hydrogen) atoms. The molecule has 0 bridgehead atoms. The van der Waals surface area contributed by atoms with E-state index in [9.17, 15) is 4.79 Å². The van der Waals surface area contributed by atoms with Crippen molar-refractivity contribution in [2.45, 2.75) is 6.54 Å². The van der Waals surface area contributed by atoms with Crippen LogP contribution >= 0.6 is 11.6 Å². The molecule has 1 heterocycles. The van der Waals surface area contributed by atoms with Gasteiger partial charge in [0.05, 0.1) is 5.02 Å². The SMILES string of the molecule is CN(Cc1cccc(N)c1)C(=O)c1ccc(Cl)cn1. The maximum absolute atomic E-state index is 12.1. The molecule has 1 amide bonds. The number of pyridine rings is 1. The van der Waals surface area contributed by atoms with Gasteiger partial charge >= 0.3 is 0 Å². The summed E-state index contributed by atoms with van der Waals surface area (Å²) in [7, 11) is 1.72. The van der Waals surface area contributed by atoms with Gasteiger partial charge in [-0.25, -0.2) is 4.98 Å². The van der Waals surface area contributed by atoms with Gasteiger partial charge in [-0.3, -0.25) is 4.79 Å². The number of carbonyl (C=O) groups excluding carboxylic acids is 1. The smallest absolute Gasteiger partial charge is 0.272 e. The molecule has 0 saturated carbocycles. The van der Waals surface area contributed by atoms with Gasteiger partial charge in [-0.15, -0.1) is 0 Å². The second kappa shape index (κ2) is 5.71. The summed E-state index contributed by atoms with van der Waals surface area (Å²) >= 11 is 5.74. The molecule has 0 spiro atoms. The molecule has 98 valence electrons. The Morgan fingerprint density at radius 3 is 2.79 bits per heavy atom. The minimum Gasteiger partial charge on any atom is -0.399 e. The van der Waals surface area contributed by atoms with Crippen LogP contribution in [0.25, 0.3) is 0 Å². The van der Waals surface area contributed by atoms with Crippen molar-refractivity contribution in [2.24, 2.45) is 0 Å². The summed E-state index contributed by atoms with van der Waals surface area (Å²) < 4.78 is 0. The monoisotopic (exact) mass is 275 g/mol. The fourth-order valence-corrected chi connectivity index (χ4v) is 1.85. The first-order valence-corrected chi connectivity index (χ1v) is 6.15. The molecule has 5 heteroatoms. The van der Waals surface area contributed by atoms with Crippen molar-refractivity contribution in [3.63, 3.8) is 0 Å². The molecule has 1 aromatic heterocycles. The van der Waals surface area contributed by atoms with Crippen molar-refractivity contribution >= 4 is 23.2 Å². The zero-order valence-electron chi connectivity index (χ0n) is 10.5. The summed E-state index contributed by atoms with van der Waals surface area (Å²) in [5, 5.41) is 0.509. The van der Waals surface area contributed by atoms with Gasteiger partial charge < -0.3 is 10.6 Å². The largest absolute Gasteiger partial charge is 0.399 e. The van der Waals surface area contributed by atoms with Gasteiger partial charge in [-0.05, 0) is 29.8 Å². The Morgan fingerprint density at radius 1 is 1.37 bits per heavy atom. The molecule has 1 aromatic carbocycles. The Morgan fingerprint density at radius 2 is 2.16 bits per heavy atom. The number of rotatable bonds is 3. The minimum absolute atomic E-state index is 0.154. The van der Waals surface area contributed by atoms with Gasteiger partial charge in [0.25, 0.3) is 5.91 Å². The number of amides is 1. The predicted octanol–water partition coefficient (Wildman–Crippen LogP) is 2.59. The predicted molar refractivity (Wildman–Crippen MR) is 75.9 cm³/mol. The minimum atomic E-state index is -0.154. The van der Waals surface area contributed by atoms with Crippen LogP contribution in [-0.4, -0.2) is 22.8 Å². The lowest BCUT2D eigenvalue weighted by molar-refractivity contribution is 0.0779. The third kappa shape index (κ3) is 3.45. The lowest BCUT2D eigenvalue weighted by Gasteiger charge is -2.17. The highest BCUT2D eigenvalue weighted by molar-refractivity contribution is 6.30. The summed E-state index contributed by atoms with van der Waals surface area (Å²) in [4.78, 5) is 17.7. The summed E-state index contributed by atoms with van der Waals surface area (Å²) in [6, 6.07) is 10.7. The third-order valence-corrected chi connectivity index (χ3v) is 2.89. The van der Waals surface area contributed by atoms with Crippen molar-refractivity contribution in [1.82, 2.24) is 9.88 Å². The van der Waals surface area contributed by atoms with Crippen LogP contribution in [0.2, 0.25) is 5.02 Å². The van der Waals surface area contributed by atoms with Gasteiger partial charge in [-0.2, -0.15) is 0 Å². The van der Waals surface area contributed by atoms with E-state index >= 15 is 0 Å². The van der Waals surface area contributed by atoms with Crippen molar-refractivity contribution in [2.75, 3.05) is 12.8 Å². The molecule has 0 aliphatic rings. The highest BCUT2D eigenvalue weighted by Crippen LogP contribution is 2.12. The molecule has 0 atom stereocenters. The fourth-order valence-electron chi connectivity index (χ4n) is 1.74. The zero-order chi connectivity index (χ0) is 13.8. The highest BCUT2D eigenvalue weighted by atomic mass is 35.5. The van der Waals surface area contributed by atoms with Crippen molar-refractivity contribution in [1.29, 1.82) is 0 Å². The first kappa shape index (κ1) is 13.4. The first-order chi connectivity index (χ1) is 9.06. The second-order valence-corrected chi connectivity index (χ2v) is 4.70. The van der Waals surface area contributed by atoms with E-state index < -0.39 is 0 Å². The number of anilines is 1. The van der Waals surface area contributed by atoms with Gasteiger partial charge in [-0.1, -0.05) is 23.7 Å². The molecule has 0 aliphatic heterocycles. The van der Waals surface area contributed by atoms with Crippen LogP contribution in [-0.2, 0) is 6.54 Å². The van der Waals surface area contributed by atoms with Crippen LogP contribution in [0.5, 0.6) is 0 Å². The maximum Gasteiger partial charge on any atom is 0.272 e. The van der Waals surface area contributed by atoms with Gasteiger partial charge in [0, 0.05) is 25.5 Å². The van der Waals surface area contributed by atoms with Crippen LogP contribution in [0, 0.1) is 0 Å². The van der Waals surface area contributed by atoms with E-state index in [1.807, 2.05) is 24.3 Å². The maximum atomic E-state index is 12.1. The van der Waals surface area contributed by atoms with Crippen LogP contribution in [0.4, 0.5) is 5.69 Å². The van der Waals surface area contributed by atoms with Gasteiger partial charge in [0.15, 0.2) is 0 Å². The van der Waals surface area contributed by atoms with E-state index in [4.69, 9.17) is 17.3 Å². The van der Waals surface area contributed by atoms with E-state index in [1.165, 1.54) is 6.20 Å². The number of nitrogen functional groups attached to an aromatic ring is 1. The van der Waals surface area contributed by atoms with E-state index in [0.29, 0.717) is 22.9 Å². The molecule has 0 aliphatic carbocycles. The normalized spacial score (nSPS) is 10.2. The number of benzene rings is 1. The van der Waals surface area contributed by atoms with E-state index in [2.05, 4.69) is 4.98 Å².